The standard InChI is InChI=1S/C26H29N3O3S/c1-28-19-2-3-20(28)14-22(13-19)32-21-6-4-18(5-7-21)29-16-27-24-15-23(33-25(24)26(29)30)12-17-8-10-31-11-9-17/h4-7,12,15-16,19-20,22H,2-3,8-11,13-14H2,1H3/t19-,20+,22+. The van der Waals surface area contributed by atoms with Gasteiger partial charge in [-0.15, -0.1) is 11.3 Å². The van der Waals surface area contributed by atoms with Gasteiger partial charge in [-0.05, 0) is 82.0 Å². The predicted octanol–water partition coefficient (Wildman–Crippen LogP) is 4.65. The first kappa shape index (κ1) is 21.1. The molecule has 3 saturated heterocycles. The molecule has 3 atom stereocenters. The first-order chi connectivity index (χ1) is 16.1. The van der Waals surface area contributed by atoms with E-state index in [1.807, 2.05) is 30.3 Å². The molecule has 0 aliphatic carbocycles. The number of piperidine rings is 1. The van der Waals surface area contributed by atoms with Crippen LogP contribution in [0, 0.1) is 0 Å². The number of fused-ring (bicyclic) bond motifs is 3. The lowest BCUT2D eigenvalue weighted by atomic mass is 10.0. The van der Waals surface area contributed by atoms with Gasteiger partial charge in [0, 0.05) is 17.0 Å². The number of benzene rings is 1. The summed E-state index contributed by atoms with van der Waals surface area (Å²) in [6.07, 6.45) is 10.8. The lowest BCUT2D eigenvalue weighted by molar-refractivity contribution is 0.0662. The van der Waals surface area contributed by atoms with Crippen LogP contribution in [0.25, 0.3) is 22.0 Å². The van der Waals surface area contributed by atoms with Crippen LogP contribution in [0.3, 0.4) is 0 Å². The van der Waals surface area contributed by atoms with E-state index < -0.39 is 0 Å². The second-order valence-corrected chi connectivity index (χ2v) is 10.5. The highest BCUT2D eigenvalue weighted by atomic mass is 32.1. The Kier molecular flexibility index (Phi) is 5.56. The lowest BCUT2D eigenvalue weighted by Crippen LogP contribution is -2.43. The number of ether oxygens (including phenoxy) is 2. The zero-order valence-corrected chi connectivity index (χ0v) is 19.7. The van der Waals surface area contributed by atoms with E-state index in [1.165, 1.54) is 29.8 Å². The van der Waals surface area contributed by atoms with Crippen molar-refractivity contribution in [3.8, 4) is 11.4 Å². The van der Waals surface area contributed by atoms with Crippen LogP contribution in [0.5, 0.6) is 5.75 Å². The first-order valence-electron chi connectivity index (χ1n) is 11.9. The van der Waals surface area contributed by atoms with Crippen LogP contribution < -0.4 is 10.3 Å². The maximum Gasteiger partial charge on any atom is 0.275 e. The highest BCUT2D eigenvalue weighted by Gasteiger charge is 2.39. The van der Waals surface area contributed by atoms with E-state index >= 15 is 0 Å². The molecular formula is C26H29N3O3S. The van der Waals surface area contributed by atoms with Crippen LogP contribution in [0.4, 0.5) is 0 Å². The quantitative estimate of drug-likeness (QED) is 0.564. The fourth-order valence-electron chi connectivity index (χ4n) is 5.50. The first-order valence-corrected chi connectivity index (χ1v) is 12.7. The van der Waals surface area contributed by atoms with Crippen molar-refractivity contribution in [3.05, 3.63) is 57.5 Å². The van der Waals surface area contributed by atoms with E-state index in [2.05, 4.69) is 23.0 Å². The molecule has 3 fully saturated rings. The normalized spacial score (nSPS) is 25.5. The van der Waals surface area contributed by atoms with Gasteiger partial charge in [0.2, 0.25) is 0 Å². The SMILES string of the molecule is CN1[C@@H]2CC[C@H]1C[C@@H](Oc1ccc(-n3cnc4cc(C=C5CCOCC5)sc4c3=O)cc1)C2. The number of aromatic nitrogens is 2. The van der Waals surface area contributed by atoms with Crippen molar-refractivity contribution in [3.63, 3.8) is 0 Å². The Morgan fingerprint density at radius 2 is 1.85 bits per heavy atom. The fourth-order valence-corrected chi connectivity index (χ4v) is 6.53. The van der Waals surface area contributed by atoms with Crippen molar-refractivity contribution >= 4 is 27.6 Å². The molecule has 0 unspecified atom stereocenters. The molecule has 0 spiro atoms. The second-order valence-electron chi connectivity index (χ2n) is 9.45. The highest BCUT2D eigenvalue weighted by Crippen LogP contribution is 2.36. The third-order valence-corrected chi connectivity index (χ3v) is 8.47. The van der Waals surface area contributed by atoms with Crippen molar-refractivity contribution in [2.24, 2.45) is 0 Å². The number of thiophene rings is 1. The number of hydrogen-bond acceptors (Lipinski definition) is 6. The van der Waals surface area contributed by atoms with E-state index in [9.17, 15) is 4.79 Å². The minimum atomic E-state index is -0.0258. The van der Waals surface area contributed by atoms with Crippen LogP contribution in [-0.2, 0) is 4.74 Å². The molecular weight excluding hydrogens is 434 g/mol. The molecule has 5 heterocycles. The molecule has 7 heteroatoms. The highest BCUT2D eigenvalue weighted by molar-refractivity contribution is 7.19. The molecule has 2 aromatic heterocycles. The van der Waals surface area contributed by atoms with Crippen molar-refractivity contribution in [1.82, 2.24) is 14.5 Å². The van der Waals surface area contributed by atoms with Crippen LogP contribution >= 0.6 is 11.3 Å². The third-order valence-electron chi connectivity index (χ3n) is 7.41. The molecule has 1 aromatic carbocycles. The van der Waals surface area contributed by atoms with E-state index in [0.717, 1.165) is 60.7 Å². The summed E-state index contributed by atoms with van der Waals surface area (Å²) in [6, 6.07) is 11.2. The minimum Gasteiger partial charge on any atom is -0.490 e. The smallest absolute Gasteiger partial charge is 0.275 e. The summed E-state index contributed by atoms with van der Waals surface area (Å²) in [5.74, 6) is 0.872. The van der Waals surface area contributed by atoms with Gasteiger partial charge in [-0.3, -0.25) is 9.36 Å². The van der Waals surface area contributed by atoms with Gasteiger partial charge < -0.3 is 14.4 Å². The zero-order valence-electron chi connectivity index (χ0n) is 18.9. The van der Waals surface area contributed by atoms with Gasteiger partial charge in [-0.2, -0.15) is 0 Å². The van der Waals surface area contributed by atoms with Gasteiger partial charge in [0.15, 0.2) is 0 Å². The van der Waals surface area contributed by atoms with E-state index in [-0.39, 0.29) is 11.7 Å². The molecule has 172 valence electrons. The van der Waals surface area contributed by atoms with Crippen LogP contribution in [0.1, 0.15) is 43.4 Å². The summed E-state index contributed by atoms with van der Waals surface area (Å²) < 4.78 is 14.1. The Bertz CT molecular complexity index is 1220. The molecule has 0 radical (unpaired) electrons. The summed E-state index contributed by atoms with van der Waals surface area (Å²) in [5.41, 5.74) is 2.92. The Labute approximate surface area is 197 Å². The van der Waals surface area contributed by atoms with Gasteiger partial charge in [0.1, 0.15) is 22.9 Å². The van der Waals surface area contributed by atoms with E-state index in [4.69, 9.17) is 9.47 Å². The van der Waals surface area contributed by atoms with Crippen LogP contribution in [0.15, 0.2) is 47.0 Å². The third kappa shape index (κ3) is 4.14. The summed E-state index contributed by atoms with van der Waals surface area (Å²) in [7, 11) is 2.24. The molecule has 3 aliphatic heterocycles. The lowest BCUT2D eigenvalue weighted by Gasteiger charge is -2.36. The molecule has 2 bridgehead atoms. The maximum atomic E-state index is 13.2. The summed E-state index contributed by atoms with van der Waals surface area (Å²) in [5, 5.41) is 0. The maximum absolute atomic E-state index is 13.2. The molecule has 0 saturated carbocycles. The Morgan fingerprint density at radius 3 is 2.58 bits per heavy atom. The molecule has 33 heavy (non-hydrogen) atoms. The minimum absolute atomic E-state index is 0.0258. The van der Waals surface area contributed by atoms with Crippen molar-refractivity contribution < 1.29 is 9.47 Å². The Hall–Kier alpha value is -2.48. The zero-order chi connectivity index (χ0) is 22.4. The molecule has 3 aliphatic rings. The van der Waals surface area contributed by atoms with E-state index in [0.29, 0.717) is 16.8 Å². The predicted molar refractivity (Wildman–Crippen MR) is 131 cm³/mol. The topological polar surface area (TPSA) is 56.6 Å². The van der Waals surface area contributed by atoms with E-state index in [1.54, 1.807) is 10.9 Å². The van der Waals surface area contributed by atoms with Gasteiger partial charge in [0.05, 0.1) is 24.4 Å². The van der Waals surface area contributed by atoms with Gasteiger partial charge in [-0.1, -0.05) is 5.57 Å². The average Bonchev–Trinajstić information content (AvgIpc) is 3.31. The molecule has 3 aromatic rings. The average molecular weight is 464 g/mol. The molecule has 0 amide bonds. The van der Waals surface area contributed by atoms with Gasteiger partial charge >= 0.3 is 0 Å². The number of rotatable bonds is 4. The monoisotopic (exact) mass is 463 g/mol. The van der Waals surface area contributed by atoms with Crippen molar-refractivity contribution in [2.75, 3.05) is 20.3 Å². The second kappa shape index (κ2) is 8.70. The van der Waals surface area contributed by atoms with Gasteiger partial charge in [0.25, 0.3) is 5.56 Å². The summed E-state index contributed by atoms with van der Waals surface area (Å²) in [6.45, 7) is 1.56. The molecule has 0 N–H and O–H groups in total. The largest absolute Gasteiger partial charge is 0.490 e. The Morgan fingerprint density at radius 1 is 1.12 bits per heavy atom. The number of hydrogen-bond donors (Lipinski definition) is 0. The van der Waals surface area contributed by atoms with Crippen LogP contribution in [0.2, 0.25) is 0 Å². The van der Waals surface area contributed by atoms with Crippen molar-refractivity contribution in [2.45, 2.75) is 56.7 Å². The van der Waals surface area contributed by atoms with Crippen LogP contribution in [-0.4, -0.2) is 52.9 Å². The fraction of sp³-hybridized carbons (Fsp3) is 0.462. The summed E-state index contributed by atoms with van der Waals surface area (Å²) in [4.78, 5) is 21.4. The van der Waals surface area contributed by atoms with Gasteiger partial charge in [-0.25, -0.2) is 4.98 Å². The summed E-state index contributed by atoms with van der Waals surface area (Å²) >= 11 is 1.52. The van der Waals surface area contributed by atoms with Crippen molar-refractivity contribution in [1.29, 1.82) is 0 Å². The number of nitrogens with zero attached hydrogens (tertiary/aromatic N) is 3. The molecule has 6 rings (SSSR count). The molecule has 6 nitrogen and oxygen atoms in total. The Balaban J connectivity index is 1.21.